The van der Waals surface area contributed by atoms with Crippen molar-refractivity contribution in [1.29, 1.82) is 0 Å². The highest BCUT2D eigenvalue weighted by Gasteiger charge is 2.57. The van der Waals surface area contributed by atoms with Gasteiger partial charge in [0.25, 0.3) is 5.91 Å². The number of ether oxygens (including phenoxy) is 1. The van der Waals surface area contributed by atoms with E-state index in [0.29, 0.717) is 16.6 Å². The minimum Gasteiger partial charge on any atom is -0.489 e. The summed E-state index contributed by atoms with van der Waals surface area (Å²) in [6.45, 7) is -0.220. The molecule has 2 aromatic carbocycles. The first-order valence-corrected chi connectivity index (χ1v) is 12.7. The average molecular weight is 584 g/mol. The molecule has 0 spiro atoms. The number of alkyl halides is 3. The lowest BCUT2D eigenvalue weighted by atomic mass is 9.81. The number of pyridine rings is 2. The topological polar surface area (TPSA) is 139 Å². The number of halogens is 4. The van der Waals surface area contributed by atoms with Crippen LogP contribution in [0.2, 0.25) is 0 Å². The molecule has 1 aliphatic heterocycles. The predicted octanol–water partition coefficient (Wildman–Crippen LogP) is 3.79. The van der Waals surface area contributed by atoms with E-state index in [1.54, 1.807) is 25.4 Å². The number of fused-ring (bicyclic) bond motifs is 2. The van der Waals surface area contributed by atoms with Gasteiger partial charge in [-0.05, 0) is 55.5 Å². The normalized spacial score (nSPS) is 17.7. The number of carbonyl (C=O) groups excluding carboxylic acids is 2. The molecular weight excluding hydrogens is 558 g/mol. The molecule has 0 bridgehead atoms. The molecule has 0 saturated heterocycles. The quantitative estimate of drug-likeness (QED) is 0.243. The predicted molar refractivity (Wildman–Crippen MR) is 145 cm³/mol. The van der Waals surface area contributed by atoms with Gasteiger partial charge in [-0.1, -0.05) is 6.07 Å². The molecule has 3 heterocycles. The highest BCUT2D eigenvalue weighted by atomic mass is 19.4. The van der Waals surface area contributed by atoms with Gasteiger partial charge in [-0.3, -0.25) is 14.6 Å². The van der Waals surface area contributed by atoms with Gasteiger partial charge >= 0.3 is 6.18 Å². The fourth-order valence-corrected chi connectivity index (χ4v) is 4.76. The molecule has 0 fully saturated rings. The molecule has 1 aliphatic rings. The molecule has 2 amide bonds. The zero-order valence-corrected chi connectivity index (χ0v) is 22.3. The third-order valence-corrected chi connectivity index (χ3v) is 7.37. The number of hydrogen-bond acceptors (Lipinski definition) is 7. The number of nitrogens with two attached hydrogens (primary N) is 1. The van der Waals surface area contributed by atoms with Crippen molar-refractivity contribution in [2.45, 2.75) is 24.1 Å². The Morgan fingerprint density at radius 1 is 1.14 bits per heavy atom. The van der Waals surface area contributed by atoms with E-state index in [1.165, 1.54) is 31.2 Å². The standard InChI is InChI=1S/C29H25F4N5O4/c1-27(26(34)40)14-42-24-19(27)12-21(38-23(24)15-5-7-18(30)8-6-15)28(41,29(31,32)33)13-37-25(39)17-10-16-4-3-9-36-22(16)20(11-17)35-2/h3-12,35,41H,13-14H2,1-2H3,(H2,34,40)(H,37,39)/t27-,28-/m0/s1. The molecule has 218 valence electrons. The van der Waals surface area contributed by atoms with Gasteiger partial charge in [0.15, 0.2) is 0 Å². The number of nitrogens with one attached hydrogen (secondary N) is 2. The number of benzene rings is 2. The Morgan fingerprint density at radius 3 is 2.50 bits per heavy atom. The van der Waals surface area contributed by atoms with Gasteiger partial charge in [0.05, 0.1) is 23.4 Å². The van der Waals surface area contributed by atoms with Crippen LogP contribution in [-0.2, 0) is 15.8 Å². The maximum atomic E-state index is 14.6. The summed E-state index contributed by atoms with van der Waals surface area (Å²) in [6, 6.07) is 11.8. The Bertz CT molecular complexity index is 1710. The van der Waals surface area contributed by atoms with Crippen LogP contribution in [0.4, 0.5) is 23.2 Å². The number of rotatable bonds is 7. The van der Waals surface area contributed by atoms with Crippen molar-refractivity contribution in [3.05, 3.63) is 83.4 Å². The van der Waals surface area contributed by atoms with Crippen molar-refractivity contribution in [2.75, 3.05) is 25.5 Å². The van der Waals surface area contributed by atoms with E-state index in [0.717, 1.165) is 18.2 Å². The third kappa shape index (κ3) is 4.75. The molecule has 4 aromatic rings. The van der Waals surface area contributed by atoms with Crippen LogP contribution < -0.4 is 21.1 Å². The average Bonchev–Trinajstić information content (AvgIpc) is 3.32. The number of nitrogens with zero attached hydrogens (tertiary/aromatic N) is 2. The molecule has 13 heteroatoms. The molecule has 42 heavy (non-hydrogen) atoms. The van der Waals surface area contributed by atoms with Crippen LogP contribution in [0.1, 0.15) is 28.5 Å². The Morgan fingerprint density at radius 2 is 1.86 bits per heavy atom. The van der Waals surface area contributed by atoms with Crippen molar-refractivity contribution in [3.8, 4) is 17.0 Å². The van der Waals surface area contributed by atoms with Crippen molar-refractivity contribution in [1.82, 2.24) is 15.3 Å². The van der Waals surface area contributed by atoms with Crippen LogP contribution in [0, 0.1) is 5.82 Å². The first-order valence-electron chi connectivity index (χ1n) is 12.7. The van der Waals surface area contributed by atoms with Gasteiger partial charge in [-0.25, -0.2) is 9.37 Å². The van der Waals surface area contributed by atoms with Crippen LogP contribution in [0.25, 0.3) is 22.2 Å². The summed E-state index contributed by atoms with van der Waals surface area (Å²) in [7, 11) is 1.61. The second-order valence-corrected chi connectivity index (χ2v) is 10.1. The number of carbonyl (C=O) groups is 2. The number of anilines is 1. The highest BCUT2D eigenvalue weighted by Crippen LogP contribution is 2.47. The number of aromatic nitrogens is 2. The lowest BCUT2D eigenvalue weighted by molar-refractivity contribution is -0.265. The van der Waals surface area contributed by atoms with Crippen molar-refractivity contribution in [2.24, 2.45) is 5.73 Å². The Labute approximate surface area is 236 Å². The Balaban J connectivity index is 1.59. The van der Waals surface area contributed by atoms with Crippen LogP contribution >= 0.6 is 0 Å². The van der Waals surface area contributed by atoms with Gasteiger partial charge in [-0.2, -0.15) is 13.2 Å². The summed E-state index contributed by atoms with van der Waals surface area (Å²) in [5.41, 5.74) is 0.425. The molecule has 0 saturated carbocycles. The minimum absolute atomic E-state index is 0.0213. The molecule has 2 aromatic heterocycles. The number of amides is 2. The number of hydrogen-bond donors (Lipinski definition) is 4. The second kappa shape index (κ2) is 10.2. The summed E-state index contributed by atoms with van der Waals surface area (Å²) in [6.07, 6.45) is -3.78. The van der Waals surface area contributed by atoms with E-state index in [4.69, 9.17) is 10.5 Å². The van der Waals surface area contributed by atoms with Crippen LogP contribution in [-0.4, -0.2) is 53.3 Å². The largest absolute Gasteiger partial charge is 0.489 e. The summed E-state index contributed by atoms with van der Waals surface area (Å²) < 4.78 is 63.2. The zero-order chi connectivity index (χ0) is 30.4. The van der Waals surface area contributed by atoms with Crippen molar-refractivity contribution < 1.29 is 37.0 Å². The number of aliphatic hydroxyl groups is 1. The van der Waals surface area contributed by atoms with Crippen LogP contribution in [0.3, 0.4) is 0 Å². The van der Waals surface area contributed by atoms with E-state index >= 15 is 0 Å². The first kappa shape index (κ1) is 28.7. The summed E-state index contributed by atoms with van der Waals surface area (Å²) in [5.74, 6) is -2.40. The van der Waals surface area contributed by atoms with Crippen molar-refractivity contribution in [3.63, 3.8) is 0 Å². The minimum atomic E-state index is -5.34. The summed E-state index contributed by atoms with van der Waals surface area (Å²) in [4.78, 5) is 33.8. The van der Waals surface area contributed by atoms with Crippen LogP contribution in [0.5, 0.6) is 5.75 Å². The molecule has 2 atom stereocenters. The molecule has 0 unspecified atom stereocenters. The molecule has 0 radical (unpaired) electrons. The smallest absolute Gasteiger partial charge is 0.424 e. The van der Waals surface area contributed by atoms with E-state index in [9.17, 15) is 32.3 Å². The van der Waals surface area contributed by atoms with Crippen molar-refractivity contribution >= 4 is 28.4 Å². The SMILES string of the molecule is CNc1cc(C(=O)NC[C@](O)(c2cc3c(c(-c4ccc(F)cc4)n2)OC[C@]3(C)C(N)=O)C(F)(F)F)cc2cccnc12. The van der Waals surface area contributed by atoms with Gasteiger partial charge < -0.3 is 26.2 Å². The van der Waals surface area contributed by atoms with Crippen LogP contribution in [0.15, 0.2) is 60.8 Å². The lowest BCUT2D eigenvalue weighted by Crippen LogP contribution is -2.51. The van der Waals surface area contributed by atoms with E-state index < -0.39 is 47.1 Å². The molecule has 0 aliphatic carbocycles. The lowest BCUT2D eigenvalue weighted by Gasteiger charge is -2.31. The van der Waals surface area contributed by atoms with E-state index in [2.05, 4.69) is 20.6 Å². The fourth-order valence-electron chi connectivity index (χ4n) is 4.76. The van der Waals surface area contributed by atoms with E-state index in [1.807, 2.05) is 0 Å². The Hall–Kier alpha value is -4.78. The molecular formula is C29H25F4N5O4. The maximum absolute atomic E-state index is 14.6. The van der Waals surface area contributed by atoms with Gasteiger partial charge in [0, 0.05) is 35.3 Å². The third-order valence-electron chi connectivity index (χ3n) is 7.37. The van der Waals surface area contributed by atoms with Gasteiger partial charge in [-0.15, -0.1) is 0 Å². The molecule has 5 rings (SSSR count). The second-order valence-electron chi connectivity index (χ2n) is 10.1. The number of primary amides is 1. The Kier molecular flexibility index (Phi) is 7.01. The first-order chi connectivity index (χ1) is 19.8. The molecule has 9 nitrogen and oxygen atoms in total. The monoisotopic (exact) mass is 583 g/mol. The summed E-state index contributed by atoms with van der Waals surface area (Å²) in [5, 5.41) is 16.8. The van der Waals surface area contributed by atoms with Gasteiger partial charge in [0.2, 0.25) is 11.5 Å². The van der Waals surface area contributed by atoms with E-state index in [-0.39, 0.29) is 34.7 Å². The fraction of sp³-hybridized carbons (Fsp3) is 0.241. The van der Waals surface area contributed by atoms with Gasteiger partial charge in [0.1, 0.15) is 29.3 Å². The molecule has 5 N–H and O–H groups in total. The highest BCUT2D eigenvalue weighted by molar-refractivity contribution is 6.02. The maximum Gasteiger partial charge on any atom is 0.424 e. The summed E-state index contributed by atoms with van der Waals surface area (Å²) >= 11 is 0. The zero-order valence-electron chi connectivity index (χ0n) is 22.3.